The van der Waals surface area contributed by atoms with Gasteiger partial charge in [-0.3, -0.25) is 5.32 Å². The zero-order chi connectivity index (χ0) is 14.5. The summed E-state index contributed by atoms with van der Waals surface area (Å²) in [6.45, 7) is 1.67. The molecule has 8 heteroatoms. The third-order valence-corrected chi connectivity index (χ3v) is 4.10. The Labute approximate surface area is 121 Å². The number of rotatable bonds is 5. The highest BCUT2D eigenvalue weighted by atomic mass is 32.1. The monoisotopic (exact) mass is 298 g/mol. The van der Waals surface area contributed by atoms with Crippen LogP contribution in [0.4, 0.5) is 10.6 Å². The first-order valence-corrected chi connectivity index (χ1v) is 7.34. The summed E-state index contributed by atoms with van der Waals surface area (Å²) in [6.07, 6.45) is 3.26. The highest BCUT2D eigenvalue weighted by molar-refractivity contribution is 7.04. The van der Waals surface area contributed by atoms with Gasteiger partial charge in [0, 0.05) is 18.0 Å². The molecule has 1 unspecified atom stereocenters. The molecule has 1 fully saturated rings. The highest BCUT2D eigenvalue weighted by Gasteiger charge is 2.20. The van der Waals surface area contributed by atoms with Crippen molar-refractivity contribution in [2.45, 2.75) is 25.3 Å². The van der Waals surface area contributed by atoms with Crippen molar-refractivity contribution in [3.05, 3.63) is 10.9 Å². The van der Waals surface area contributed by atoms with E-state index in [4.69, 9.17) is 5.11 Å². The molecule has 0 saturated carbocycles. The summed E-state index contributed by atoms with van der Waals surface area (Å²) in [5.41, 5.74) is 0.0145. The third kappa shape index (κ3) is 3.67. The van der Waals surface area contributed by atoms with Gasteiger partial charge in [-0.1, -0.05) is 0 Å². The van der Waals surface area contributed by atoms with Crippen molar-refractivity contribution >= 4 is 29.4 Å². The Morgan fingerprint density at radius 1 is 1.60 bits per heavy atom. The number of aromatic nitrogens is 1. The van der Waals surface area contributed by atoms with Crippen LogP contribution in [0.1, 0.15) is 29.6 Å². The highest BCUT2D eigenvalue weighted by Crippen LogP contribution is 2.17. The SMILES string of the molecule is CN1CCCC1CCNC(=O)Nc1nscc1C(=O)O. The van der Waals surface area contributed by atoms with E-state index in [2.05, 4.69) is 27.0 Å². The lowest BCUT2D eigenvalue weighted by atomic mass is 10.1. The Hall–Kier alpha value is -1.67. The van der Waals surface area contributed by atoms with Gasteiger partial charge in [-0.05, 0) is 44.4 Å². The molecule has 1 aromatic rings. The van der Waals surface area contributed by atoms with E-state index in [0.29, 0.717) is 12.6 Å². The summed E-state index contributed by atoms with van der Waals surface area (Å²) in [5.74, 6) is -1.00. The molecular weight excluding hydrogens is 280 g/mol. The minimum absolute atomic E-state index is 0.0145. The summed E-state index contributed by atoms with van der Waals surface area (Å²) >= 11 is 1.00. The third-order valence-electron chi connectivity index (χ3n) is 3.47. The second-order valence-electron chi connectivity index (χ2n) is 4.83. The number of nitrogens with zero attached hydrogens (tertiary/aromatic N) is 2. The second kappa shape index (κ2) is 6.67. The van der Waals surface area contributed by atoms with Gasteiger partial charge in [-0.15, -0.1) is 0 Å². The molecule has 2 rings (SSSR count). The molecule has 2 heterocycles. The molecule has 0 radical (unpaired) electrons. The lowest BCUT2D eigenvalue weighted by Crippen LogP contribution is -2.34. The first-order chi connectivity index (χ1) is 9.58. The number of anilines is 1. The number of hydrogen-bond donors (Lipinski definition) is 3. The van der Waals surface area contributed by atoms with Gasteiger partial charge in [0.05, 0.1) is 0 Å². The zero-order valence-corrected chi connectivity index (χ0v) is 12.1. The van der Waals surface area contributed by atoms with Gasteiger partial charge in [-0.25, -0.2) is 9.59 Å². The fraction of sp³-hybridized carbons (Fsp3) is 0.583. The molecule has 3 N–H and O–H groups in total. The number of aromatic carboxylic acids is 1. The van der Waals surface area contributed by atoms with Crippen LogP contribution in [0, 0.1) is 0 Å². The Morgan fingerprint density at radius 3 is 3.05 bits per heavy atom. The van der Waals surface area contributed by atoms with Crippen LogP contribution < -0.4 is 10.6 Å². The Morgan fingerprint density at radius 2 is 2.40 bits per heavy atom. The summed E-state index contributed by atoms with van der Waals surface area (Å²) < 4.78 is 3.86. The van der Waals surface area contributed by atoms with Crippen molar-refractivity contribution in [2.24, 2.45) is 0 Å². The molecule has 0 bridgehead atoms. The van der Waals surface area contributed by atoms with Gasteiger partial charge in [-0.2, -0.15) is 4.37 Å². The van der Waals surface area contributed by atoms with Crippen molar-refractivity contribution in [2.75, 3.05) is 25.5 Å². The van der Waals surface area contributed by atoms with E-state index in [1.165, 1.54) is 11.8 Å². The number of carboxylic acid groups (broad SMARTS) is 1. The minimum atomic E-state index is -1.10. The van der Waals surface area contributed by atoms with Crippen molar-refractivity contribution < 1.29 is 14.7 Å². The lowest BCUT2D eigenvalue weighted by molar-refractivity contribution is 0.0698. The molecule has 1 saturated heterocycles. The van der Waals surface area contributed by atoms with Crippen LogP contribution >= 0.6 is 11.5 Å². The van der Waals surface area contributed by atoms with Crippen LogP contribution in [-0.2, 0) is 0 Å². The van der Waals surface area contributed by atoms with E-state index in [9.17, 15) is 9.59 Å². The predicted molar refractivity (Wildman–Crippen MR) is 76.4 cm³/mol. The van der Waals surface area contributed by atoms with Gasteiger partial charge in [0.1, 0.15) is 5.56 Å². The quantitative estimate of drug-likeness (QED) is 0.765. The number of likely N-dealkylation sites (tertiary alicyclic amines) is 1. The first kappa shape index (κ1) is 14.7. The molecule has 1 aliphatic rings. The lowest BCUT2D eigenvalue weighted by Gasteiger charge is -2.19. The fourth-order valence-corrected chi connectivity index (χ4v) is 2.95. The summed E-state index contributed by atoms with van der Waals surface area (Å²) in [4.78, 5) is 24.8. The molecule has 7 nitrogen and oxygen atoms in total. The van der Waals surface area contributed by atoms with Crippen LogP contribution in [-0.4, -0.2) is 52.6 Å². The first-order valence-electron chi connectivity index (χ1n) is 6.50. The van der Waals surface area contributed by atoms with E-state index >= 15 is 0 Å². The van der Waals surface area contributed by atoms with Crippen molar-refractivity contribution in [3.63, 3.8) is 0 Å². The minimum Gasteiger partial charge on any atom is -0.478 e. The maximum absolute atomic E-state index is 11.7. The average Bonchev–Trinajstić information content (AvgIpc) is 2.99. The molecule has 20 heavy (non-hydrogen) atoms. The number of hydrogen-bond acceptors (Lipinski definition) is 5. The molecule has 2 amide bonds. The van der Waals surface area contributed by atoms with Gasteiger partial charge >= 0.3 is 12.0 Å². The van der Waals surface area contributed by atoms with Gasteiger partial charge in [0.2, 0.25) is 0 Å². The molecular formula is C12H18N4O3S. The van der Waals surface area contributed by atoms with Crippen molar-refractivity contribution in [1.29, 1.82) is 0 Å². The van der Waals surface area contributed by atoms with E-state index in [1.807, 2.05) is 0 Å². The standard InChI is InChI=1S/C12H18N4O3S/c1-16-6-2-3-8(16)4-5-13-12(19)14-10-9(11(17)18)7-20-15-10/h7-8H,2-6H2,1H3,(H,17,18)(H2,13,14,15,19). The van der Waals surface area contributed by atoms with Crippen LogP contribution in [0.2, 0.25) is 0 Å². The van der Waals surface area contributed by atoms with Crippen LogP contribution in [0.5, 0.6) is 0 Å². The topological polar surface area (TPSA) is 94.6 Å². The maximum Gasteiger partial charge on any atom is 0.340 e. The molecule has 0 aromatic carbocycles. The van der Waals surface area contributed by atoms with Crippen LogP contribution in [0.15, 0.2) is 5.38 Å². The summed E-state index contributed by atoms with van der Waals surface area (Å²) in [7, 11) is 2.09. The number of amides is 2. The Bertz CT molecular complexity index is 491. The Kier molecular flexibility index (Phi) is 4.91. The Balaban J connectivity index is 1.75. The number of carbonyl (C=O) groups is 2. The smallest absolute Gasteiger partial charge is 0.340 e. The maximum atomic E-state index is 11.7. The summed E-state index contributed by atoms with van der Waals surface area (Å²) in [6, 6.07) is 0.100. The van der Waals surface area contributed by atoms with Gasteiger partial charge in [0.15, 0.2) is 5.82 Å². The van der Waals surface area contributed by atoms with E-state index in [1.54, 1.807) is 0 Å². The van der Waals surface area contributed by atoms with E-state index in [0.717, 1.165) is 30.9 Å². The molecule has 1 aromatic heterocycles. The average molecular weight is 298 g/mol. The number of carboxylic acids is 1. The second-order valence-corrected chi connectivity index (χ2v) is 5.46. The zero-order valence-electron chi connectivity index (χ0n) is 11.3. The normalized spacial score (nSPS) is 18.9. The van der Waals surface area contributed by atoms with Crippen LogP contribution in [0.25, 0.3) is 0 Å². The predicted octanol–water partition coefficient (Wildman–Crippen LogP) is 1.45. The summed E-state index contributed by atoms with van der Waals surface area (Å²) in [5, 5.41) is 15.5. The van der Waals surface area contributed by atoms with Crippen LogP contribution in [0.3, 0.4) is 0 Å². The molecule has 110 valence electrons. The number of nitrogens with one attached hydrogen (secondary N) is 2. The number of urea groups is 1. The van der Waals surface area contributed by atoms with Crippen molar-refractivity contribution in [1.82, 2.24) is 14.6 Å². The molecule has 0 spiro atoms. The molecule has 0 aliphatic carbocycles. The van der Waals surface area contributed by atoms with E-state index < -0.39 is 12.0 Å². The van der Waals surface area contributed by atoms with Gasteiger partial charge in [0.25, 0.3) is 0 Å². The van der Waals surface area contributed by atoms with Gasteiger partial charge < -0.3 is 15.3 Å². The molecule has 1 atom stereocenters. The largest absolute Gasteiger partial charge is 0.478 e. The molecule has 1 aliphatic heterocycles. The fourth-order valence-electron chi connectivity index (χ4n) is 2.33. The van der Waals surface area contributed by atoms with Crippen molar-refractivity contribution in [3.8, 4) is 0 Å². The number of carbonyl (C=O) groups excluding carboxylic acids is 1. The van der Waals surface area contributed by atoms with E-state index in [-0.39, 0.29) is 11.4 Å².